The normalized spacial score (nSPS) is 19.0. The highest BCUT2D eigenvalue weighted by Gasteiger charge is 2.22. The predicted octanol–water partition coefficient (Wildman–Crippen LogP) is 5.57. The smallest absolute Gasteiger partial charge is 0.0328 e. The fourth-order valence-electron chi connectivity index (χ4n) is 3.31. The maximum absolute atomic E-state index is 3.88. The molecule has 0 fully saturated rings. The Bertz CT molecular complexity index is 591. The number of halogens is 1. The van der Waals surface area contributed by atoms with Crippen LogP contribution in [0.1, 0.15) is 55.0 Å². The van der Waals surface area contributed by atoms with E-state index in [9.17, 15) is 0 Å². The van der Waals surface area contributed by atoms with Crippen LogP contribution in [0, 0.1) is 0 Å². The molecule has 1 N–H and O–H groups in total. The number of nitrogens with one attached hydrogen (secondary N) is 1. The standard InChI is InChI=1S/C19H22BrN/c1-2-18(15-10-12-16(20)13-11-15)21-19-9-5-7-14-6-3-4-8-17(14)19/h3-4,6,8,10-13,18-19,21H,2,5,7,9H2,1H3. The molecule has 0 radical (unpaired) electrons. The van der Waals surface area contributed by atoms with E-state index in [-0.39, 0.29) is 0 Å². The topological polar surface area (TPSA) is 12.0 Å². The number of fused-ring (bicyclic) bond motifs is 1. The highest BCUT2D eigenvalue weighted by atomic mass is 79.9. The van der Waals surface area contributed by atoms with Crippen molar-refractivity contribution in [2.24, 2.45) is 0 Å². The van der Waals surface area contributed by atoms with Crippen molar-refractivity contribution in [1.29, 1.82) is 0 Å². The van der Waals surface area contributed by atoms with Gasteiger partial charge in [-0.25, -0.2) is 0 Å². The number of hydrogen-bond donors (Lipinski definition) is 1. The van der Waals surface area contributed by atoms with Gasteiger partial charge in [0.15, 0.2) is 0 Å². The van der Waals surface area contributed by atoms with E-state index >= 15 is 0 Å². The molecule has 2 aromatic rings. The van der Waals surface area contributed by atoms with Crippen LogP contribution in [0.15, 0.2) is 53.0 Å². The molecular formula is C19H22BrN. The minimum Gasteiger partial charge on any atom is -0.303 e. The van der Waals surface area contributed by atoms with Crippen molar-refractivity contribution >= 4 is 15.9 Å². The highest BCUT2D eigenvalue weighted by Crippen LogP contribution is 2.32. The van der Waals surface area contributed by atoms with Gasteiger partial charge in [-0.15, -0.1) is 0 Å². The van der Waals surface area contributed by atoms with E-state index < -0.39 is 0 Å². The molecule has 1 aliphatic rings. The lowest BCUT2D eigenvalue weighted by molar-refractivity contribution is 0.393. The van der Waals surface area contributed by atoms with E-state index in [0.29, 0.717) is 12.1 Å². The van der Waals surface area contributed by atoms with Gasteiger partial charge in [-0.3, -0.25) is 0 Å². The molecule has 0 saturated heterocycles. The van der Waals surface area contributed by atoms with Crippen LogP contribution in [0.25, 0.3) is 0 Å². The zero-order valence-electron chi connectivity index (χ0n) is 12.5. The minimum absolute atomic E-state index is 0.425. The number of rotatable bonds is 4. The molecule has 2 heteroatoms. The van der Waals surface area contributed by atoms with E-state index in [0.717, 1.165) is 10.9 Å². The summed E-state index contributed by atoms with van der Waals surface area (Å²) in [5.74, 6) is 0. The summed E-state index contributed by atoms with van der Waals surface area (Å²) in [7, 11) is 0. The van der Waals surface area contributed by atoms with Crippen LogP contribution < -0.4 is 5.32 Å². The number of hydrogen-bond acceptors (Lipinski definition) is 1. The Morgan fingerprint density at radius 1 is 1.14 bits per heavy atom. The molecule has 21 heavy (non-hydrogen) atoms. The van der Waals surface area contributed by atoms with Crippen LogP contribution in [-0.2, 0) is 6.42 Å². The zero-order valence-corrected chi connectivity index (χ0v) is 14.1. The first-order valence-corrected chi connectivity index (χ1v) is 8.66. The average Bonchev–Trinajstić information content (AvgIpc) is 2.54. The van der Waals surface area contributed by atoms with Crippen molar-refractivity contribution in [3.8, 4) is 0 Å². The average molecular weight is 344 g/mol. The molecule has 0 bridgehead atoms. The van der Waals surface area contributed by atoms with Gasteiger partial charge in [0.05, 0.1) is 0 Å². The summed E-state index contributed by atoms with van der Waals surface area (Å²) in [5.41, 5.74) is 4.40. The third kappa shape index (κ3) is 3.38. The van der Waals surface area contributed by atoms with E-state index in [4.69, 9.17) is 0 Å². The molecule has 3 rings (SSSR count). The molecule has 0 saturated carbocycles. The molecular weight excluding hydrogens is 322 g/mol. The van der Waals surface area contributed by atoms with Gasteiger partial charge in [0.1, 0.15) is 0 Å². The van der Waals surface area contributed by atoms with Crippen molar-refractivity contribution in [3.63, 3.8) is 0 Å². The molecule has 1 aliphatic carbocycles. The monoisotopic (exact) mass is 343 g/mol. The first-order chi connectivity index (χ1) is 10.3. The van der Waals surface area contributed by atoms with Crippen LogP contribution >= 0.6 is 15.9 Å². The van der Waals surface area contributed by atoms with Crippen molar-refractivity contribution in [2.75, 3.05) is 0 Å². The van der Waals surface area contributed by atoms with E-state index in [2.05, 4.69) is 76.7 Å². The van der Waals surface area contributed by atoms with Gasteiger partial charge in [0, 0.05) is 16.6 Å². The van der Waals surface area contributed by atoms with Crippen molar-refractivity contribution in [2.45, 2.75) is 44.7 Å². The van der Waals surface area contributed by atoms with Gasteiger partial charge in [0.25, 0.3) is 0 Å². The minimum atomic E-state index is 0.425. The lowest BCUT2D eigenvalue weighted by atomic mass is 9.87. The number of benzene rings is 2. The van der Waals surface area contributed by atoms with Gasteiger partial charge < -0.3 is 5.32 Å². The maximum Gasteiger partial charge on any atom is 0.0328 e. The van der Waals surface area contributed by atoms with E-state index in [1.807, 2.05) is 0 Å². The molecule has 1 nitrogen and oxygen atoms in total. The quantitative estimate of drug-likeness (QED) is 0.765. The SMILES string of the molecule is CCC(NC1CCCc2ccccc21)c1ccc(Br)cc1. The van der Waals surface area contributed by atoms with Crippen LogP contribution in [0.2, 0.25) is 0 Å². The zero-order chi connectivity index (χ0) is 14.7. The van der Waals surface area contributed by atoms with Gasteiger partial charge >= 0.3 is 0 Å². The summed E-state index contributed by atoms with van der Waals surface area (Å²) in [6.45, 7) is 2.26. The molecule has 0 aromatic heterocycles. The van der Waals surface area contributed by atoms with Crippen molar-refractivity contribution in [3.05, 3.63) is 69.7 Å². The maximum atomic E-state index is 3.88. The third-order valence-electron chi connectivity index (χ3n) is 4.45. The lowest BCUT2D eigenvalue weighted by Gasteiger charge is -2.30. The Morgan fingerprint density at radius 3 is 2.67 bits per heavy atom. The van der Waals surface area contributed by atoms with Crippen LogP contribution in [-0.4, -0.2) is 0 Å². The first-order valence-electron chi connectivity index (χ1n) is 7.87. The summed E-state index contributed by atoms with van der Waals surface area (Å²) in [4.78, 5) is 0. The fraction of sp³-hybridized carbons (Fsp3) is 0.368. The van der Waals surface area contributed by atoms with Crippen molar-refractivity contribution < 1.29 is 0 Å². The first kappa shape index (κ1) is 14.8. The van der Waals surface area contributed by atoms with Gasteiger partial charge in [-0.1, -0.05) is 59.3 Å². The Kier molecular flexibility index (Phi) is 4.77. The van der Waals surface area contributed by atoms with E-state index in [1.165, 1.54) is 36.0 Å². The van der Waals surface area contributed by atoms with Crippen LogP contribution in [0.4, 0.5) is 0 Å². The fourth-order valence-corrected chi connectivity index (χ4v) is 3.58. The summed E-state index contributed by atoms with van der Waals surface area (Å²) in [6.07, 6.45) is 4.86. The second-order valence-electron chi connectivity index (χ2n) is 5.82. The molecule has 110 valence electrons. The summed E-state index contributed by atoms with van der Waals surface area (Å²) >= 11 is 3.52. The molecule has 0 amide bonds. The van der Waals surface area contributed by atoms with Gasteiger partial charge in [0.2, 0.25) is 0 Å². The lowest BCUT2D eigenvalue weighted by Crippen LogP contribution is -2.29. The Hall–Kier alpha value is -1.12. The van der Waals surface area contributed by atoms with Gasteiger partial charge in [-0.05, 0) is 54.5 Å². The summed E-state index contributed by atoms with van der Waals surface area (Å²) < 4.78 is 1.14. The Labute approximate surface area is 135 Å². The molecule has 0 aliphatic heterocycles. The van der Waals surface area contributed by atoms with Crippen molar-refractivity contribution in [1.82, 2.24) is 5.32 Å². The highest BCUT2D eigenvalue weighted by molar-refractivity contribution is 9.10. The summed E-state index contributed by atoms with van der Waals surface area (Å²) in [5, 5.41) is 3.88. The Balaban J connectivity index is 1.80. The molecule has 2 unspecified atom stereocenters. The largest absolute Gasteiger partial charge is 0.303 e. The third-order valence-corrected chi connectivity index (χ3v) is 4.98. The van der Waals surface area contributed by atoms with Crippen LogP contribution in [0.5, 0.6) is 0 Å². The molecule has 0 spiro atoms. The van der Waals surface area contributed by atoms with Gasteiger partial charge in [-0.2, -0.15) is 0 Å². The molecule has 0 heterocycles. The molecule has 2 atom stereocenters. The van der Waals surface area contributed by atoms with Crippen LogP contribution in [0.3, 0.4) is 0 Å². The predicted molar refractivity (Wildman–Crippen MR) is 92.4 cm³/mol. The second kappa shape index (κ2) is 6.76. The summed E-state index contributed by atoms with van der Waals surface area (Å²) in [6, 6.07) is 18.5. The number of aryl methyl sites for hydroxylation is 1. The second-order valence-corrected chi connectivity index (χ2v) is 6.74. The molecule has 2 aromatic carbocycles. The van der Waals surface area contributed by atoms with E-state index in [1.54, 1.807) is 0 Å². The Morgan fingerprint density at radius 2 is 1.90 bits per heavy atom.